The van der Waals surface area contributed by atoms with Crippen LogP contribution in [0.4, 0.5) is 0 Å². The molecule has 7 heteroatoms. The van der Waals surface area contributed by atoms with Crippen molar-refractivity contribution in [3.63, 3.8) is 0 Å². The highest BCUT2D eigenvalue weighted by molar-refractivity contribution is 5.80. The van der Waals surface area contributed by atoms with Crippen LogP contribution in [0, 0.1) is 0 Å². The number of hydrogen-bond acceptors (Lipinski definition) is 5. The van der Waals surface area contributed by atoms with E-state index in [1.807, 2.05) is 0 Å². The van der Waals surface area contributed by atoms with Gasteiger partial charge in [0.05, 0.1) is 31.2 Å². The first-order chi connectivity index (χ1) is 10.9. The number of amides is 1. The number of ether oxygens (including phenoxy) is 1. The number of aromatic nitrogens is 1. The van der Waals surface area contributed by atoms with Gasteiger partial charge in [0.15, 0.2) is 0 Å². The highest BCUT2D eigenvalue weighted by Crippen LogP contribution is 2.28. The molecule has 0 saturated carbocycles. The average molecular weight is 318 g/mol. The number of benzene rings is 1. The Kier molecular flexibility index (Phi) is 5.00. The Morgan fingerprint density at radius 3 is 2.78 bits per heavy atom. The number of carboxylic acid groups (broad SMARTS) is 1. The second kappa shape index (κ2) is 6.95. The van der Waals surface area contributed by atoms with Gasteiger partial charge in [-0.15, -0.1) is 0 Å². The Bertz CT molecular complexity index is 684. The molecule has 1 heterocycles. The molecule has 122 valence electrons. The fourth-order valence-electron chi connectivity index (χ4n) is 2.33. The zero-order valence-electron chi connectivity index (χ0n) is 12.9. The Hall–Kier alpha value is -2.83. The van der Waals surface area contributed by atoms with Crippen molar-refractivity contribution in [1.82, 2.24) is 10.5 Å². The van der Waals surface area contributed by atoms with Crippen LogP contribution in [0.1, 0.15) is 24.6 Å². The maximum Gasteiger partial charge on any atom is 0.306 e. The van der Waals surface area contributed by atoms with Crippen molar-refractivity contribution in [2.45, 2.75) is 25.3 Å². The minimum absolute atomic E-state index is 0.00960. The van der Waals surface area contributed by atoms with Crippen LogP contribution in [0.3, 0.4) is 0 Å². The van der Waals surface area contributed by atoms with Gasteiger partial charge < -0.3 is 19.7 Å². The summed E-state index contributed by atoms with van der Waals surface area (Å²) in [6.45, 7) is 1.66. The number of carbonyl (C=O) groups excluding carboxylic acids is 1. The molecule has 0 aliphatic heterocycles. The standard InChI is InChI=1S/C16H18N2O5/c1-16(10-15(20)21,11-4-3-5-13(8-11)22-2)17-14(19)9-12-6-7-23-18-12/h3-8H,9-10H2,1-2H3,(H,17,19)(H,20,21). The molecule has 1 atom stereocenters. The molecule has 0 spiro atoms. The van der Waals surface area contributed by atoms with Gasteiger partial charge in [0.2, 0.25) is 5.91 Å². The summed E-state index contributed by atoms with van der Waals surface area (Å²) in [6, 6.07) is 8.54. The summed E-state index contributed by atoms with van der Waals surface area (Å²) in [6.07, 6.45) is 1.13. The number of carbonyl (C=O) groups is 2. The van der Waals surface area contributed by atoms with Crippen molar-refractivity contribution in [2.24, 2.45) is 0 Å². The fourth-order valence-corrected chi connectivity index (χ4v) is 2.33. The van der Waals surface area contributed by atoms with Crippen molar-refractivity contribution in [3.05, 3.63) is 47.9 Å². The molecule has 0 bridgehead atoms. The van der Waals surface area contributed by atoms with Crippen LogP contribution < -0.4 is 10.1 Å². The maximum atomic E-state index is 12.2. The van der Waals surface area contributed by atoms with Gasteiger partial charge in [0, 0.05) is 6.07 Å². The van der Waals surface area contributed by atoms with Crippen LogP contribution in [-0.4, -0.2) is 29.2 Å². The third-order valence-corrected chi connectivity index (χ3v) is 3.46. The quantitative estimate of drug-likeness (QED) is 0.806. The van der Waals surface area contributed by atoms with Gasteiger partial charge >= 0.3 is 5.97 Å². The van der Waals surface area contributed by atoms with E-state index in [9.17, 15) is 14.7 Å². The van der Waals surface area contributed by atoms with E-state index in [2.05, 4.69) is 15.0 Å². The van der Waals surface area contributed by atoms with Crippen LogP contribution in [0.15, 0.2) is 41.1 Å². The average Bonchev–Trinajstić information content (AvgIpc) is 2.99. The SMILES string of the molecule is COc1cccc(C(C)(CC(=O)O)NC(=O)Cc2ccon2)c1. The molecule has 1 aromatic carbocycles. The molecular weight excluding hydrogens is 300 g/mol. The summed E-state index contributed by atoms with van der Waals surface area (Å²) >= 11 is 0. The first-order valence-corrected chi connectivity index (χ1v) is 6.99. The van der Waals surface area contributed by atoms with E-state index in [1.54, 1.807) is 37.3 Å². The number of nitrogens with one attached hydrogen (secondary N) is 1. The molecule has 0 aliphatic carbocycles. The molecule has 1 aromatic heterocycles. The normalized spacial score (nSPS) is 13.1. The molecule has 2 rings (SSSR count). The van der Waals surface area contributed by atoms with Gasteiger partial charge in [-0.1, -0.05) is 17.3 Å². The Morgan fingerprint density at radius 1 is 1.39 bits per heavy atom. The summed E-state index contributed by atoms with van der Waals surface area (Å²) in [5.74, 6) is -0.771. The molecule has 7 nitrogen and oxygen atoms in total. The Morgan fingerprint density at radius 2 is 2.17 bits per heavy atom. The third kappa shape index (κ3) is 4.32. The molecule has 1 unspecified atom stereocenters. The number of methoxy groups -OCH3 is 1. The monoisotopic (exact) mass is 318 g/mol. The maximum absolute atomic E-state index is 12.2. The zero-order valence-corrected chi connectivity index (χ0v) is 12.9. The molecular formula is C16H18N2O5. The predicted octanol–water partition coefficient (Wildman–Crippen LogP) is 1.73. The molecule has 0 saturated heterocycles. The van der Waals surface area contributed by atoms with E-state index in [0.717, 1.165) is 0 Å². The van der Waals surface area contributed by atoms with Crippen LogP contribution in [0.5, 0.6) is 5.75 Å². The first-order valence-electron chi connectivity index (χ1n) is 6.99. The summed E-state index contributed by atoms with van der Waals surface area (Å²) in [5, 5.41) is 15.6. The van der Waals surface area contributed by atoms with Crippen LogP contribution in [0.25, 0.3) is 0 Å². The summed E-state index contributed by atoms with van der Waals surface area (Å²) < 4.78 is 9.85. The molecule has 2 aromatic rings. The van der Waals surface area contributed by atoms with Crippen LogP contribution >= 0.6 is 0 Å². The largest absolute Gasteiger partial charge is 0.497 e. The van der Waals surface area contributed by atoms with E-state index in [-0.39, 0.29) is 18.7 Å². The number of carboxylic acids is 1. The van der Waals surface area contributed by atoms with Gasteiger partial charge in [0.1, 0.15) is 12.0 Å². The van der Waals surface area contributed by atoms with E-state index in [1.165, 1.54) is 13.4 Å². The number of nitrogens with zero attached hydrogens (tertiary/aromatic N) is 1. The molecule has 0 fully saturated rings. The lowest BCUT2D eigenvalue weighted by Crippen LogP contribution is -2.45. The van der Waals surface area contributed by atoms with Crippen LogP contribution in [-0.2, 0) is 21.5 Å². The lowest BCUT2D eigenvalue weighted by atomic mass is 9.88. The third-order valence-electron chi connectivity index (χ3n) is 3.46. The van der Waals surface area contributed by atoms with E-state index < -0.39 is 11.5 Å². The van der Waals surface area contributed by atoms with Gasteiger partial charge in [-0.3, -0.25) is 9.59 Å². The lowest BCUT2D eigenvalue weighted by molar-refractivity contribution is -0.139. The summed E-state index contributed by atoms with van der Waals surface area (Å²) in [7, 11) is 1.52. The fraction of sp³-hybridized carbons (Fsp3) is 0.312. The van der Waals surface area contributed by atoms with Gasteiger partial charge in [-0.05, 0) is 24.6 Å². The summed E-state index contributed by atoms with van der Waals surface area (Å²) in [5.41, 5.74) is 0.0554. The van der Waals surface area contributed by atoms with E-state index >= 15 is 0 Å². The molecule has 0 radical (unpaired) electrons. The van der Waals surface area contributed by atoms with Crippen molar-refractivity contribution in [3.8, 4) is 5.75 Å². The number of aliphatic carboxylic acids is 1. The van der Waals surface area contributed by atoms with Gasteiger partial charge in [0.25, 0.3) is 0 Å². The van der Waals surface area contributed by atoms with Crippen molar-refractivity contribution in [1.29, 1.82) is 0 Å². The second-order valence-corrected chi connectivity index (χ2v) is 5.35. The van der Waals surface area contributed by atoms with E-state index in [4.69, 9.17) is 4.74 Å². The van der Waals surface area contributed by atoms with Crippen molar-refractivity contribution < 1.29 is 24.0 Å². The Labute approximate surface area is 133 Å². The molecule has 1 amide bonds. The highest BCUT2D eigenvalue weighted by Gasteiger charge is 2.32. The van der Waals surface area contributed by atoms with Gasteiger partial charge in [-0.2, -0.15) is 0 Å². The van der Waals surface area contributed by atoms with E-state index in [0.29, 0.717) is 17.0 Å². The minimum atomic E-state index is -1.07. The second-order valence-electron chi connectivity index (χ2n) is 5.35. The van der Waals surface area contributed by atoms with Crippen molar-refractivity contribution >= 4 is 11.9 Å². The highest BCUT2D eigenvalue weighted by atomic mass is 16.5. The Balaban J connectivity index is 2.23. The lowest BCUT2D eigenvalue weighted by Gasteiger charge is -2.30. The first kappa shape index (κ1) is 16.5. The zero-order chi connectivity index (χ0) is 16.9. The smallest absolute Gasteiger partial charge is 0.306 e. The molecule has 0 aliphatic rings. The predicted molar refractivity (Wildman–Crippen MR) is 80.9 cm³/mol. The van der Waals surface area contributed by atoms with Gasteiger partial charge in [-0.25, -0.2) is 0 Å². The molecule has 23 heavy (non-hydrogen) atoms. The minimum Gasteiger partial charge on any atom is -0.497 e. The topological polar surface area (TPSA) is 102 Å². The number of rotatable bonds is 7. The van der Waals surface area contributed by atoms with Crippen molar-refractivity contribution in [2.75, 3.05) is 7.11 Å². The van der Waals surface area contributed by atoms with Crippen LogP contribution in [0.2, 0.25) is 0 Å². The molecule has 2 N–H and O–H groups in total. The number of hydrogen-bond donors (Lipinski definition) is 2. The summed E-state index contributed by atoms with van der Waals surface area (Å²) in [4.78, 5) is 23.4.